The zero-order chi connectivity index (χ0) is 19.5. The molecule has 2 unspecified atom stereocenters. The summed E-state index contributed by atoms with van der Waals surface area (Å²) in [7, 11) is -8.56. The van der Waals surface area contributed by atoms with E-state index in [0.717, 1.165) is 0 Å². The fraction of sp³-hybridized carbons (Fsp3) is 0.250. The average Bonchev–Trinajstić information content (AvgIpc) is 2.57. The molecule has 2 aromatic heterocycles. The van der Waals surface area contributed by atoms with Gasteiger partial charge in [-0.1, -0.05) is 12.2 Å². The first-order valence-corrected chi connectivity index (χ1v) is 11.0. The van der Waals surface area contributed by atoms with E-state index in [1.54, 1.807) is 36.4 Å². The van der Waals surface area contributed by atoms with Crippen molar-refractivity contribution in [2.45, 2.75) is 25.2 Å². The molecule has 2 atom stereocenters. The van der Waals surface area contributed by atoms with E-state index in [1.165, 1.54) is 26.2 Å². The molecule has 8 nitrogen and oxygen atoms in total. The Kier molecular flexibility index (Phi) is 6.29. The third-order valence-corrected chi connectivity index (χ3v) is 6.49. The molecule has 0 aliphatic carbocycles. The molecule has 0 aliphatic rings. The van der Waals surface area contributed by atoms with Crippen molar-refractivity contribution >= 4 is 27.3 Å². The van der Waals surface area contributed by atoms with Crippen LogP contribution in [0, 0.1) is 0 Å². The Balaban J connectivity index is 2.26. The van der Waals surface area contributed by atoms with Crippen LogP contribution in [0.15, 0.2) is 36.7 Å². The lowest BCUT2D eigenvalue weighted by Crippen LogP contribution is -1.98. The first-order valence-electron chi connectivity index (χ1n) is 7.69. The molecule has 2 rings (SSSR count). The van der Waals surface area contributed by atoms with Crippen molar-refractivity contribution in [1.29, 1.82) is 0 Å². The van der Waals surface area contributed by atoms with Gasteiger partial charge in [-0.3, -0.25) is 19.1 Å². The highest BCUT2D eigenvalue weighted by atomic mass is 31.2. The molecule has 140 valence electrons. The van der Waals surface area contributed by atoms with Gasteiger partial charge in [-0.2, -0.15) is 0 Å². The summed E-state index contributed by atoms with van der Waals surface area (Å²) in [5.74, 6) is 0. The van der Waals surface area contributed by atoms with Crippen LogP contribution in [0.25, 0.3) is 12.2 Å². The van der Waals surface area contributed by atoms with Gasteiger partial charge in [-0.05, 0) is 49.2 Å². The Bertz CT molecular complexity index is 832. The largest absolute Gasteiger partial charge is 0.334 e. The van der Waals surface area contributed by atoms with Crippen LogP contribution >= 0.6 is 15.2 Å². The van der Waals surface area contributed by atoms with Crippen molar-refractivity contribution in [3.8, 4) is 0 Å². The molecule has 4 N–H and O–H groups in total. The molecular weight excluding hydrogens is 378 g/mol. The number of aromatic nitrogens is 2. The normalized spacial score (nSPS) is 15.2. The number of pyridine rings is 2. The van der Waals surface area contributed by atoms with Gasteiger partial charge in [0.25, 0.3) is 0 Å². The minimum absolute atomic E-state index is 0.283. The summed E-state index contributed by atoms with van der Waals surface area (Å²) in [4.78, 5) is 45.1. The van der Waals surface area contributed by atoms with Gasteiger partial charge >= 0.3 is 15.2 Å². The minimum Gasteiger partial charge on any atom is -0.324 e. The molecule has 0 saturated heterocycles. The molecule has 0 aliphatic heterocycles. The monoisotopic (exact) mass is 398 g/mol. The molecule has 0 aromatic carbocycles. The molecule has 0 amide bonds. The van der Waals surface area contributed by atoms with E-state index in [4.69, 9.17) is 0 Å². The Morgan fingerprint density at radius 2 is 1.15 bits per heavy atom. The zero-order valence-electron chi connectivity index (χ0n) is 14.2. The molecule has 26 heavy (non-hydrogen) atoms. The highest BCUT2D eigenvalue weighted by molar-refractivity contribution is 7.52. The van der Waals surface area contributed by atoms with Gasteiger partial charge in [-0.15, -0.1) is 0 Å². The maximum atomic E-state index is 11.4. The van der Waals surface area contributed by atoms with Gasteiger partial charge in [0.2, 0.25) is 0 Å². The van der Waals surface area contributed by atoms with Crippen molar-refractivity contribution in [2.75, 3.05) is 0 Å². The molecule has 0 fully saturated rings. The van der Waals surface area contributed by atoms with Crippen molar-refractivity contribution in [2.24, 2.45) is 0 Å². The maximum absolute atomic E-state index is 11.4. The Morgan fingerprint density at radius 3 is 1.46 bits per heavy atom. The maximum Gasteiger partial charge on any atom is 0.334 e. The van der Waals surface area contributed by atoms with Gasteiger partial charge in [0.05, 0.1) is 11.4 Å². The van der Waals surface area contributed by atoms with Gasteiger partial charge in [-0.25, -0.2) is 0 Å². The first kappa shape index (κ1) is 20.6. The standard InChI is InChI=1S/C16H20N2O6P2/c1-11(25(19,20)21)15-9-13(5-7-17-15)3-4-14-6-8-18-16(10-14)12(2)26(22,23)24/h3-12H,1-2H3,(H2,19,20,21)(H2,22,23,24). The second-order valence-corrected chi connectivity index (χ2v) is 9.80. The van der Waals surface area contributed by atoms with Crippen LogP contribution in [-0.2, 0) is 9.13 Å². The number of rotatable bonds is 6. The Labute approximate surface area is 151 Å². The number of hydrogen-bond acceptors (Lipinski definition) is 4. The summed E-state index contributed by atoms with van der Waals surface area (Å²) in [6.45, 7) is 2.82. The molecular formula is C16H20N2O6P2. The minimum atomic E-state index is -4.28. The van der Waals surface area contributed by atoms with Crippen LogP contribution in [0.4, 0.5) is 0 Å². The van der Waals surface area contributed by atoms with Gasteiger partial charge in [0, 0.05) is 12.4 Å². The third-order valence-electron chi connectivity index (χ3n) is 3.94. The van der Waals surface area contributed by atoms with Crippen molar-refractivity contribution < 1.29 is 28.7 Å². The van der Waals surface area contributed by atoms with E-state index >= 15 is 0 Å². The van der Waals surface area contributed by atoms with E-state index in [-0.39, 0.29) is 11.4 Å². The fourth-order valence-electron chi connectivity index (χ4n) is 2.13. The van der Waals surface area contributed by atoms with Crippen LogP contribution in [0.2, 0.25) is 0 Å². The summed E-state index contributed by atoms with van der Waals surface area (Å²) in [6, 6.07) is 6.54. The zero-order valence-corrected chi connectivity index (χ0v) is 16.0. The van der Waals surface area contributed by atoms with E-state index in [9.17, 15) is 28.7 Å². The predicted molar refractivity (Wildman–Crippen MR) is 98.3 cm³/mol. The molecule has 0 spiro atoms. The lowest BCUT2D eigenvalue weighted by molar-refractivity contribution is 0.359. The summed E-state index contributed by atoms with van der Waals surface area (Å²) in [5.41, 5.74) is -0.0644. The molecule has 2 heterocycles. The molecule has 10 heteroatoms. The van der Waals surface area contributed by atoms with Crippen LogP contribution in [-0.4, -0.2) is 29.5 Å². The van der Waals surface area contributed by atoms with Gasteiger partial charge in [0.15, 0.2) is 0 Å². The van der Waals surface area contributed by atoms with Gasteiger partial charge in [0.1, 0.15) is 11.3 Å². The quantitative estimate of drug-likeness (QED) is 0.544. The predicted octanol–water partition coefficient (Wildman–Crippen LogP) is 3.12. The van der Waals surface area contributed by atoms with Crippen LogP contribution in [0.1, 0.15) is 47.7 Å². The molecule has 2 aromatic rings. The SMILES string of the molecule is CC(c1cc(C=Cc2ccnc(C(C)P(=O)(O)O)c2)ccn1)P(=O)(O)O. The van der Waals surface area contributed by atoms with E-state index in [0.29, 0.717) is 11.1 Å². The molecule has 0 radical (unpaired) electrons. The van der Waals surface area contributed by atoms with Gasteiger partial charge < -0.3 is 19.6 Å². The smallest absolute Gasteiger partial charge is 0.324 e. The van der Waals surface area contributed by atoms with Crippen molar-refractivity contribution in [3.63, 3.8) is 0 Å². The topological polar surface area (TPSA) is 141 Å². The van der Waals surface area contributed by atoms with Crippen molar-refractivity contribution in [1.82, 2.24) is 9.97 Å². The summed E-state index contributed by atoms with van der Waals surface area (Å²) < 4.78 is 22.7. The number of hydrogen-bond donors (Lipinski definition) is 4. The molecule has 0 bridgehead atoms. The van der Waals surface area contributed by atoms with Crippen molar-refractivity contribution in [3.05, 3.63) is 59.2 Å². The second-order valence-electron chi connectivity index (χ2n) is 5.89. The fourth-order valence-corrected chi connectivity index (χ4v) is 3.10. The number of nitrogens with zero attached hydrogens (tertiary/aromatic N) is 2. The lowest BCUT2D eigenvalue weighted by atomic mass is 10.1. The summed E-state index contributed by atoms with van der Waals surface area (Å²) in [5, 5.41) is 0. The average molecular weight is 398 g/mol. The van der Waals surface area contributed by atoms with E-state index in [2.05, 4.69) is 9.97 Å². The molecule has 0 saturated carbocycles. The van der Waals surface area contributed by atoms with Crippen LogP contribution in [0.5, 0.6) is 0 Å². The van der Waals surface area contributed by atoms with Crippen LogP contribution < -0.4 is 0 Å². The Hall–Kier alpha value is -1.66. The highest BCUT2D eigenvalue weighted by Crippen LogP contribution is 2.51. The third kappa shape index (κ3) is 5.42. The van der Waals surface area contributed by atoms with E-state index < -0.39 is 26.5 Å². The second kappa shape index (κ2) is 7.92. The summed E-state index contributed by atoms with van der Waals surface area (Å²) >= 11 is 0. The Morgan fingerprint density at radius 1 is 0.808 bits per heavy atom. The summed E-state index contributed by atoms with van der Waals surface area (Å²) in [6.07, 6.45) is 6.38. The first-order chi connectivity index (χ1) is 12.0. The van der Waals surface area contributed by atoms with Crippen LogP contribution in [0.3, 0.4) is 0 Å². The van der Waals surface area contributed by atoms with E-state index in [1.807, 2.05) is 0 Å². The highest BCUT2D eigenvalue weighted by Gasteiger charge is 2.27. The lowest BCUT2D eigenvalue weighted by Gasteiger charge is -2.13.